The fraction of sp³-hybridized carbons (Fsp3) is 0.731. The van der Waals surface area contributed by atoms with E-state index in [4.69, 9.17) is 19.5 Å². The number of nitriles is 1. The lowest BCUT2D eigenvalue weighted by atomic mass is 9.44. The van der Waals surface area contributed by atoms with Crippen LogP contribution in [0.4, 0.5) is 8.78 Å². The summed E-state index contributed by atoms with van der Waals surface area (Å²) in [6, 6.07) is 1.79. The number of allylic oxidation sites excluding steroid dienone is 4. The molecule has 3 saturated carbocycles. The fourth-order valence-electron chi connectivity index (χ4n) is 7.94. The van der Waals surface area contributed by atoms with Gasteiger partial charge in [0.2, 0.25) is 0 Å². The number of hydrogen-bond donors (Lipinski definition) is 1. The summed E-state index contributed by atoms with van der Waals surface area (Å²) in [7, 11) is 0. The van der Waals surface area contributed by atoms with Gasteiger partial charge >= 0.3 is 5.97 Å². The second kappa shape index (κ2) is 7.92. The van der Waals surface area contributed by atoms with Crippen molar-refractivity contribution in [2.24, 2.45) is 22.7 Å². The number of alkyl halides is 2. The second-order valence-electron chi connectivity index (χ2n) is 11.0. The van der Waals surface area contributed by atoms with Crippen LogP contribution in [-0.4, -0.2) is 59.4 Å². The van der Waals surface area contributed by atoms with E-state index in [9.17, 15) is 14.7 Å². The lowest BCUT2D eigenvalue weighted by Gasteiger charge is -2.62. The summed E-state index contributed by atoms with van der Waals surface area (Å²) in [5.41, 5.74) is -6.50. The smallest absolute Gasteiger partial charge is 0.342 e. The number of carbonyl (C=O) groups excluding carboxylic acids is 2. The van der Waals surface area contributed by atoms with Crippen LogP contribution in [0, 0.1) is 34.0 Å². The molecule has 2 unspecified atom stereocenters. The first-order valence-electron chi connectivity index (χ1n) is 12.3. The van der Waals surface area contributed by atoms with Crippen LogP contribution in [0.2, 0.25) is 0 Å². The minimum absolute atomic E-state index is 0.0447. The van der Waals surface area contributed by atoms with E-state index in [1.165, 1.54) is 19.1 Å². The lowest BCUT2D eigenvalue weighted by Crippen LogP contribution is -2.70. The summed E-state index contributed by atoms with van der Waals surface area (Å²) in [4.78, 5) is 25.5. The van der Waals surface area contributed by atoms with Crippen molar-refractivity contribution in [1.82, 2.24) is 0 Å². The van der Waals surface area contributed by atoms with Crippen LogP contribution in [0.25, 0.3) is 0 Å². The van der Waals surface area contributed by atoms with Gasteiger partial charge in [-0.2, -0.15) is 5.26 Å². The Morgan fingerprint density at radius 1 is 1.34 bits per heavy atom. The number of aliphatic hydroxyl groups is 1. The summed E-state index contributed by atoms with van der Waals surface area (Å²) < 4.78 is 50.5. The van der Waals surface area contributed by atoms with Crippen molar-refractivity contribution in [2.45, 2.75) is 88.8 Å². The van der Waals surface area contributed by atoms with E-state index in [2.05, 4.69) is 0 Å². The molecule has 0 radical (unpaired) electrons. The van der Waals surface area contributed by atoms with Gasteiger partial charge in [0.1, 0.15) is 18.3 Å². The molecule has 0 amide bonds. The molecule has 0 spiro atoms. The molecule has 1 saturated heterocycles. The molecule has 4 fully saturated rings. The number of rotatable bonds is 4. The summed E-state index contributed by atoms with van der Waals surface area (Å²) in [6.45, 7) is 4.76. The van der Waals surface area contributed by atoms with Crippen LogP contribution in [0.3, 0.4) is 0 Å². The van der Waals surface area contributed by atoms with E-state index in [-0.39, 0.29) is 24.8 Å². The number of hydrogen-bond acceptors (Lipinski definition) is 7. The SMILES string of the molecule is CCC[C@@H]1O[C@@H]2CC3C4C[C@H](F)C5=CC(=O)C=C[C@]5(C)[C@@]4(F)[C@@H](O)C[C@]3(C)[C@]2(C(=O)OCC#N)O1. The van der Waals surface area contributed by atoms with Crippen LogP contribution < -0.4 is 0 Å². The van der Waals surface area contributed by atoms with Gasteiger partial charge < -0.3 is 19.3 Å². The maximum atomic E-state index is 17.3. The van der Waals surface area contributed by atoms with Crippen LogP contribution in [0.15, 0.2) is 23.8 Å². The first kappa shape index (κ1) is 24.5. The third-order valence-electron chi connectivity index (χ3n) is 9.52. The maximum absolute atomic E-state index is 17.3. The number of ether oxygens (including phenoxy) is 3. The Labute approximate surface area is 203 Å². The predicted octanol–water partition coefficient (Wildman–Crippen LogP) is 3.26. The van der Waals surface area contributed by atoms with E-state index < -0.39 is 77.0 Å². The van der Waals surface area contributed by atoms with Crippen LogP contribution in [0.1, 0.15) is 52.9 Å². The highest BCUT2D eigenvalue weighted by molar-refractivity contribution is 6.01. The summed E-state index contributed by atoms with van der Waals surface area (Å²) in [5.74, 6) is -2.71. The Bertz CT molecular complexity index is 1050. The first-order valence-corrected chi connectivity index (χ1v) is 12.3. The molecule has 35 heavy (non-hydrogen) atoms. The van der Waals surface area contributed by atoms with Crippen molar-refractivity contribution in [1.29, 1.82) is 5.26 Å². The molecule has 5 rings (SSSR count). The Balaban J connectivity index is 1.61. The molecule has 1 heterocycles. The highest BCUT2D eigenvalue weighted by atomic mass is 19.1. The number of esters is 1. The van der Waals surface area contributed by atoms with Crippen molar-refractivity contribution in [3.63, 3.8) is 0 Å². The van der Waals surface area contributed by atoms with Crippen LogP contribution >= 0.6 is 0 Å². The number of ketones is 1. The highest BCUT2D eigenvalue weighted by Gasteiger charge is 2.80. The van der Waals surface area contributed by atoms with E-state index in [1.54, 1.807) is 13.0 Å². The van der Waals surface area contributed by atoms with Crippen molar-refractivity contribution < 1.29 is 37.7 Å². The topological polar surface area (TPSA) is 106 Å². The summed E-state index contributed by atoms with van der Waals surface area (Å²) >= 11 is 0. The van der Waals surface area contributed by atoms with Gasteiger partial charge in [-0.25, -0.2) is 13.6 Å². The molecule has 1 aliphatic heterocycles. The number of nitrogens with zero attached hydrogens (tertiary/aromatic N) is 1. The molecule has 10 atom stereocenters. The zero-order chi connectivity index (χ0) is 25.4. The maximum Gasteiger partial charge on any atom is 0.342 e. The molecule has 7 nitrogen and oxygen atoms in total. The number of aliphatic hydroxyl groups excluding tert-OH is 1. The lowest BCUT2D eigenvalue weighted by molar-refractivity contribution is -0.241. The van der Waals surface area contributed by atoms with Gasteiger partial charge in [0.15, 0.2) is 29.9 Å². The summed E-state index contributed by atoms with van der Waals surface area (Å²) in [5, 5.41) is 20.4. The highest BCUT2D eigenvalue weighted by Crippen LogP contribution is 2.72. The zero-order valence-corrected chi connectivity index (χ0v) is 20.1. The molecule has 0 aromatic heterocycles. The monoisotopic (exact) mass is 491 g/mol. The molecule has 4 aliphatic carbocycles. The largest absolute Gasteiger partial charge is 0.448 e. The van der Waals surface area contributed by atoms with E-state index in [0.29, 0.717) is 6.42 Å². The van der Waals surface area contributed by atoms with Gasteiger partial charge in [-0.05, 0) is 56.3 Å². The standard InChI is InChI=1S/C26H31F2NO6/c1-4-5-21-34-20-12-15-16-11-18(27)17-10-14(30)6-7-23(17,2)25(16,28)19(31)13-24(15,3)26(20,35-21)22(32)33-9-8-29/h6-7,10,15-16,18-21,31H,4-5,9,11-13H2,1-3H3/t15?,16?,18-,19-,20+,21+,23-,24-,25-,26-/m0/s1. The number of halogens is 2. The zero-order valence-electron chi connectivity index (χ0n) is 20.1. The minimum atomic E-state index is -2.26. The molecular weight excluding hydrogens is 460 g/mol. The van der Waals surface area contributed by atoms with Gasteiger partial charge in [-0.3, -0.25) is 4.79 Å². The molecule has 0 bridgehead atoms. The average molecular weight is 492 g/mol. The Morgan fingerprint density at radius 2 is 2.09 bits per heavy atom. The first-order chi connectivity index (χ1) is 16.5. The van der Waals surface area contributed by atoms with E-state index in [1.807, 2.05) is 6.92 Å². The Kier molecular flexibility index (Phi) is 5.56. The van der Waals surface area contributed by atoms with Gasteiger partial charge in [-0.1, -0.05) is 26.3 Å². The van der Waals surface area contributed by atoms with Crippen molar-refractivity contribution in [3.8, 4) is 6.07 Å². The molecule has 5 aliphatic rings. The molecule has 0 aromatic rings. The quantitative estimate of drug-likeness (QED) is 0.602. The fourth-order valence-corrected chi connectivity index (χ4v) is 7.94. The predicted molar refractivity (Wildman–Crippen MR) is 118 cm³/mol. The molecule has 1 N–H and O–H groups in total. The van der Waals surface area contributed by atoms with Gasteiger partial charge in [0, 0.05) is 16.7 Å². The van der Waals surface area contributed by atoms with Crippen molar-refractivity contribution >= 4 is 11.8 Å². The number of fused-ring (bicyclic) bond motifs is 7. The summed E-state index contributed by atoms with van der Waals surface area (Å²) in [6.07, 6.45) is 0.279. The average Bonchev–Trinajstić information content (AvgIpc) is 3.28. The van der Waals surface area contributed by atoms with Crippen LogP contribution in [-0.2, 0) is 23.8 Å². The Morgan fingerprint density at radius 3 is 2.77 bits per heavy atom. The van der Waals surface area contributed by atoms with Crippen LogP contribution in [0.5, 0.6) is 0 Å². The van der Waals surface area contributed by atoms with Crippen molar-refractivity contribution in [3.05, 3.63) is 23.8 Å². The molecule has 9 heteroatoms. The minimum Gasteiger partial charge on any atom is -0.448 e. The second-order valence-corrected chi connectivity index (χ2v) is 11.0. The normalized spacial score (nSPS) is 49.9. The van der Waals surface area contributed by atoms with Gasteiger partial charge in [0.05, 0.1) is 6.10 Å². The third kappa shape index (κ3) is 2.90. The number of carbonyl (C=O) groups is 2. The molecular formula is C26H31F2NO6. The van der Waals surface area contributed by atoms with Gasteiger partial charge in [0.25, 0.3) is 0 Å². The van der Waals surface area contributed by atoms with Gasteiger partial charge in [-0.15, -0.1) is 0 Å². The van der Waals surface area contributed by atoms with E-state index >= 15 is 8.78 Å². The third-order valence-corrected chi connectivity index (χ3v) is 9.52. The molecule has 190 valence electrons. The Hall–Kier alpha value is -2.15. The molecule has 0 aromatic carbocycles. The van der Waals surface area contributed by atoms with Crippen molar-refractivity contribution in [2.75, 3.05) is 6.61 Å². The van der Waals surface area contributed by atoms with E-state index in [0.717, 1.165) is 12.5 Å².